The van der Waals surface area contributed by atoms with Gasteiger partial charge in [0.15, 0.2) is 0 Å². The van der Waals surface area contributed by atoms with Crippen molar-refractivity contribution in [2.75, 3.05) is 66.1 Å². The molecule has 2 N–H and O–H groups in total. The molecule has 0 spiro atoms. The Hall–Kier alpha value is -3.30. The van der Waals surface area contributed by atoms with Crippen LogP contribution in [0.4, 0.5) is 0 Å². The first-order valence-electron chi connectivity index (χ1n) is 18.2. The second kappa shape index (κ2) is 16.9. The van der Waals surface area contributed by atoms with Gasteiger partial charge in [-0.05, 0) is 100 Å². The van der Waals surface area contributed by atoms with E-state index in [1.165, 1.54) is 37.8 Å². The Morgan fingerprint density at radius 1 is 0.896 bits per heavy atom. The highest BCUT2D eigenvalue weighted by Gasteiger charge is 2.49. The van der Waals surface area contributed by atoms with E-state index >= 15 is 0 Å². The molecule has 1 aliphatic carbocycles. The maximum Gasteiger partial charge on any atom is 0.232 e. The minimum Gasteiger partial charge on any atom is -0.496 e. The van der Waals surface area contributed by atoms with Gasteiger partial charge in [0.1, 0.15) is 11.2 Å². The normalized spacial score (nSPS) is 19.6. The van der Waals surface area contributed by atoms with Gasteiger partial charge in [-0.25, -0.2) is 0 Å². The van der Waals surface area contributed by atoms with Gasteiger partial charge in [-0.1, -0.05) is 60.7 Å². The molecule has 258 valence electrons. The van der Waals surface area contributed by atoms with Crippen molar-refractivity contribution in [2.24, 2.45) is 17.6 Å². The fraction of sp³-hybridized carbons (Fsp3) is 0.550. The van der Waals surface area contributed by atoms with Gasteiger partial charge in [-0.2, -0.15) is 0 Å². The number of aromatic nitrogens is 1. The van der Waals surface area contributed by atoms with E-state index in [1.807, 2.05) is 48.7 Å². The molecule has 2 saturated heterocycles. The van der Waals surface area contributed by atoms with E-state index in [4.69, 9.17) is 15.2 Å². The molecule has 1 amide bonds. The lowest BCUT2D eigenvalue weighted by Gasteiger charge is -2.38. The van der Waals surface area contributed by atoms with Crippen molar-refractivity contribution >= 4 is 5.91 Å². The number of piperidine rings is 1. The predicted molar refractivity (Wildman–Crippen MR) is 191 cm³/mol. The molecule has 1 atom stereocenters. The summed E-state index contributed by atoms with van der Waals surface area (Å²) in [5.74, 6) is 1.69. The highest BCUT2D eigenvalue weighted by atomic mass is 16.5. The number of ether oxygens (including phenoxy) is 2. The second-order valence-electron chi connectivity index (χ2n) is 14.1. The smallest absolute Gasteiger partial charge is 0.232 e. The van der Waals surface area contributed by atoms with Crippen molar-refractivity contribution in [3.63, 3.8) is 0 Å². The molecular weight excluding hydrogens is 598 g/mol. The number of carbonyl (C=O) groups is 1. The van der Waals surface area contributed by atoms with E-state index in [0.717, 1.165) is 101 Å². The van der Waals surface area contributed by atoms with E-state index in [2.05, 4.69) is 43.9 Å². The summed E-state index contributed by atoms with van der Waals surface area (Å²) < 4.78 is 11.8. The summed E-state index contributed by atoms with van der Waals surface area (Å²) in [4.78, 5) is 25.5. The lowest BCUT2D eigenvalue weighted by atomic mass is 9.64. The van der Waals surface area contributed by atoms with Crippen molar-refractivity contribution < 1.29 is 14.3 Å². The van der Waals surface area contributed by atoms with Crippen LogP contribution in [0, 0.1) is 11.8 Å². The third kappa shape index (κ3) is 8.46. The fourth-order valence-corrected chi connectivity index (χ4v) is 8.21. The average Bonchev–Trinajstić information content (AvgIpc) is 3.83. The van der Waals surface area contributed by atoms with Crippen molar-refractivity contribution in [1.82, 2.24) is 19.7 Å². The van der Waals surface area contributed by atoms with Crippen LogP contribution in [0.25, 0.3) is 0 Å². The van der Waals surface area contributed by atoms with Crippen molar-refractivity contribution in [2.45, 2.75) is 62.9 Å². The number of nitrogens with zero attached hydrogens (tertiary/aromatic N) is 4. The number of benzene rings is 2. The maximum atomic E-state index is 13.4. The largest absolute Gasteiger partial charge is 0.496 e. The van der Waals surface area contributed by atoms with Gasteiger partial charge >= 0.3 is 0 Å². The number of nitrogens with two attached hydrogens (primary N) is 1. The monoisotopic (exact) mass is 653 g/mol. The summed E-state index contributed by atoms with van der Waals surface area (Å²) in [6, 6.07) is 22.9. The van der Waals surface area contributed by atoms with Crippen LogP contribution in [0.15, 0.2) is 79.1 Å². The zero-order valence-corrected chi connectivity index (χ0v) is 28.8. The summed E-state index contributed by atoms with van der Waals surface area (Å²) in [7, 11) is 1.74. The van der Waals surface area contributed by atoms with Gasteiger partial charge in [-0.3, -0.25) is 19.6 Å². The number of carbonyl (C=O) groups excluding carboxylic acids is 1. The van der Waals surface area contributed by atoms with Gasteiger partial charge in [0.25, 0.3) is 0 Å². The topological polar surface area (TPSA) is 84.2 Å². The Morgan fingerprint density at radius 3 is 2.23 bits per heavy atom. The number of amides is 1. The Kier molecular flexibility index (Phi) is 12.2. The van der Waals surface area contributed by atoms with Crippen LogP contribution in [0.5, 0.6) is 5.75 Å². The molecule has 0 bridgehead atoms. The van der Waals surface area contributed by atoms with Gasteiger partial charge in [-0.15, -0.1) is 0 Å². The lowest BCUT2D eigenvalue weighted by molar-refractivity contribution is -0.123. The molecule has 2 aliphatic heterocycles. The van der Waals surface area contributed by atoms with E-state index in [9.17, 15) is 4.79 Å². The van der Waals surface area contributed by atoms with E-state index in [1.54, 1.807) is 13.3 Å². The number of likely N-dealkylation sites (tertiary alicyclic amines) is 2. The molecule has 1 aromatic heterocycles. The van der Waals surface area contributed by atoms with Crippen LogP contribution in [0.3, 0.4) is 0 Å². The zero-order valence-electron chi connectivity index (χ0n) is 28.8. The summed E-state index contributed by atoms with van der Waals surface area (Å²) in [6.07, 6.45) is 12.0. The number of pyridine rings is 1. The first-order valence-corrected chi connectivity index (χ1v) is 18.2. The highest BCUT2D eigenvalue weighted by Crippen LogP contribution is 2.43. The summed E-state index contributed by atoms with van der Waals surface area (Å²) in [5, 5.41) is 0. The van der Waals surface area contributed by atoms with Gasteiger partial charge in [0, 0.05) is 56.8 Å². The number of methoxy groups -OCH3 is 1. The Bertz CT molecular complexity index is 1370. The molecule has 3 heterocycles. The SMILES string of the molecule is COc1ccncc1CN1CCC(N(CCOCCCCN2CC[C@@H](C(C(N)=O)(c3ccccc3)c3ccccc3)C2)CC2CC2)CC1. The van der Waals surface area contributed by atoms with Crippen LogP contribution in [0.1, 0.15) is 61.6 Å². The van der Waals surface area contributed by atoms with E-state index in [0.29, 0.717) is 6.04 Å². The second-order valence-corrected chi connectivity index (χ2v) is 14.1. The molecule has 6 rings (SSSR count). The predicted octanol–water partition coefficient (Wildman–Crippen LogP) is 5.36. The number of hydrogen-bond donors (Lipinski definition) is 1. The van der Waals surface area contributed by atoms with Crippen LogP contribution in [-0.4, -0.2) is 97.8 Å². The number of rotatable bonds is 18. The molecule has 3 aromatic rings. The minimum absolute atomic E-state index is 0.138. The summed E-state index contributed by atoms with van der Waals surface area (Å²) in [5.41, 5.74) is 8.63. The lowest BCUT2D eigenvalue weighted by Crippen LogP contribution is -2.49. The standard InChI is InChI=1S/C40H55N5O3/c1-47-38-16-20-42-28-33(38)30-44-23-18-37(19-24-44)45(29-32-14-15-32)25-27-48-26-9-8-21-43-22-17-36(31-43)40(39(41)46,34-10-4-2-5-11-34)35-12-6-3-7-13-35/h2-7,10-13,16,20,28,32,36-37H,8-9,14-15,17-19,21-27,29-31H2,1H3,(H2,41,46)/t36-/m1/s1. The van der Waals surface area contributed by atoms with Crippen LogP contribution in [-0.2, 0) is 21.5 Å². The molecule has 0 unspecified atom stereocenters. The molecule has 1 saturated carbocycles. The Morgan fingerprint density at radius 2 is 1.58 bits per heavy atom. The third-order valence-corrected chi connectivity index (χ3v) is 11.0. The number of unbranched alkanes of at least 4 members (excludes halogenated alkanes) is 1. The fourth-order valence-electron chi connectivity index (χ4n) is 8.21. The third-order valence-electron chi connectivity index (χ3n) is 11.0. The molecule has 8 heteroatoms. The Labute approximate surface area is 287 Å². The van der Waals surface area contributed by atoms with E-state index < -0.39 is 5.41 Å². The highest BCUT2D eigenvalue weighted by molar-refractivity contribution is 5.91. The molecule has 48 heavy (non-hydrogen) atoms. The quantitative estimate of drug-likeness (QED) is 0.185. The molecule has 8 nitrogen and oxygen atoms in total. The van der Waals surface area contributed by atoms with Crippen LogP contribution >= 0.6 is 0 Å². The number of primary amides is 1. The number of hydrogen-bond acceptors (Lipinski definition) is 7. The molecular formula is C40H55N5O3. The summed E-state index contributed by atoms with van der Waals surface area (Å²) >= 11 is 0. The first-order chi connectivity index (χ1) is 23.6. The maximum absolute atomic E-state index is 13.4. The molecule has 3 fully saturated rings. The molecule has 3 aliphatic rings. The first kappa shape index (κ1) is 34.6. The van der Waals surface area contributed by atoms with Crippen molar-refractivity contribution in [3.05, 3.63) is 95.8 Å². The average molecular weight is 654 g/mol. The van der Waals surface area contributed by atoms with Gasteiger partial charge in [0.2, 0.25) is 5.91 Å². The molecule has 2 aromatic carbocycles. The Balaban J connectivity index is 0.925. The van der Waals surface area contributed by atoms with E-state index in [-0.39, 0.29) is 11.8 Å². The zero-order chi connectivity index (χ0) is 33.2. The van der Waals surface area contributed by atoms with Crippen LogP contribution < -0.4 is 10.5 Å². The van der Waals surface area contributed by atoms with Crippen molar-refractivity contribution in [3.8, 4) is 5.75 Å². The van der Waals surface area contributed by atoms with Crippen molar-refractivity contribution in [1.29, 1.82) is 0 Å². The molecule has 0 radical (unpaired) electrons. The van der Waals surface area contributed by atoms with Gasteiger partial charge < -0.3 is 20.1 Å². The van der Waals surface area contributed by atoms with Gasteiger partial charge in [0.05, 0.1) is 13.7 Å². The summed E-state index contributed by atoms with van der Waals surface area (Å²) in [6.45, 7) is 9.87. The van der Waals surface area contributed by atoms with Crippen LogP contribution in [0.2, 0.25) is 0 Å². The minimum atomic E-state index is -0.823.